The molecule has 1 heterocycles. The van der Waals surface area contributed by atoms with Crippen molar-refractivity contribution in [2.45, 2.75) is 39.0 Å². The summed E-state index contributed by atoms with van der Waals surface area (Å²) >= 11 is 0. The van der Waals surface area contributed by atoms with Gasteiger partial charge in [0.25, 0.3) is 5.91 Å². The van der Waals surface area contributed by atoms with E-state index in [0.29, 0.717) is 17.1 Å². The second kappa shape index (κ2) is 7.88. The summed E-state index contributed by atoms with van der Waals surface area (Å²) in [7, 11) is 0. The molecule has 2 N–H and O–H groups in total. The summed E-state index contributed by atoms with van der Waals surface area (Å²) < 4.78 is 0. The number of benzene rings is 1. The lowest BCUT2D eigenvalue weighted by atomic mass is 9.85. The maximum absolute atomic E-state index is 12.4. The van der Waals surface area contributed by atoms with Gasteiger partial charge in [0.2, 0.25) is 0 Å². The first-order valence-electron chi connectivity index (χ1n) is 8.60. The van der Waals surface area contributed by atoms with Crippen LogP contribution < -0.4 is 5.43 Å². The molecule has 0 saturated heterocycles. The van der Waals surface area contributed by atoms with Crippen LogP contribution in [0, 0.1) is 12.8 Å². The Kier molecular flexibility index (Phi) is 5.38. The number of phenolic OH excluding ortho intramolecular Hbond substituents is 1. The average molecular weight is 338 g/mol. The first-order valence-corrected chi connectivity index (χ1v) is 8.60. The Labute approximate surface area is 147 Å². The van der Waals surface area contributed by atoms with Crippen LogP contribution in [0.1, 0.15) is 53.8 Å². The highest BCUT2D eigenvalue weighted by molar-refractivity contribution is 6.02. The fraction of sp³-hybridized carbons (Fsp3) is 0.368. The van der Waals surface area contributed by atoms with Gasteiger partial charge in [-0.3, -0.25) is 4.79 Å². The first-order chi connectivity index (χ1) is 12.2. The summed E-state index contributed by atoms with van der Waals surface area (Å²) in [5.41, 5.74) is 4.14. The number of nitrogens with zero attached hydrogens (tertiary/aromatic N) is 3. The van der Waals surface area contributed by atoms with Crippen molar-refractivity contribution in [3.8, 4) is 5.75 Å². The third-order valence-corrected chi connectivity index (χ3v) is 4.55. The molecule has 0 bridgehead atoms. The zero-order valence-electron chi connectivity index (χ0n) is 14.3. The summed E-state index contributed by atoms with van der Waals surface area (Å²) in [5.74, 6) is 0.321. The van der Waals surface area contributed by atoms with Crippen LogP contribution in [-0.2, 0) is 0 Å². The summed E-state index contributed by atoms with van der Waals surface area (Å²) in [6.45, 7) is 1.75. The van der Waals surface area contributed by atoms with E-state index in [0.717, 1.165) is 25.7 Å². The number of hydrazone groups is 1. The van der Waals surface area contributed by atoms with Gasteiger partial charge < -0.3 is 5.11 Å². The van der Waals surface area contributed by atoms with Crippen molar-refractivity contribution < 1.29 is 9.90 Å². The Hall–Kier alpha value is -2.76. The Morgan fingerprint density at radius 2 is 1.88 bits per heavy atom. The van der Waals surface area contributed by atoms with E-state index in [-0.39, 0.29) is 17.2 Å². The van der Waals surface area contributed by atoms with E-state index >= 15 is 0 Å². The molecular formula is C19H22N4O2. The van der Waals surface area contributed by atoms with Gasteiger partial charge in [0.05, 0.1) is 5.56 Å². The maximum atomic E-state index is 12.4. The molecule has 3 rings (SSSR count). The molecule has 0 unspecified atom stereocenters. The van der Waals surface area contributed by atoms with Crippen LogP contribution in [0.5, 0.6) is 5.75 Å². The molecule has 1 saturated carbocycles. The lowest BCUT2D eigenvalue weighted by molar-refractivity contribution is 0.0951. The summed E-state index contributed by atoms with van der Waals surface area (Å²) in [4.78, 5) is 21.0. The van der Waals surface area contributed by atoms with Gasteiger partial charge >= 0.3 is 0 Å². The number of amides is 1. The van der Waals surface area contributed by atoms with Gasteiger partial charge in [-0.2, -0.15) is 5.10 Å². The minimum absolute atomic E-state index is 0.0228. The maximum Gasteiger partial charge on any atom is 0.275 e. The molecule has 2 aromatic rings. The Morgan fingerprint density at radius 3 is 2.60 bits per heavy atom. The predicted octanol–water partition coefficient (Wildman–Crippen LogP) is 3.21. The minimum Gasteiger partial charge on any atom is -0.507 e. The second-order valence-electron chi connectivity index (χ2n) is 6.32. The normalized spacial score (nSPS) is 15.8. The fourth-order valence-electron chi connectivity index (χ4n) is 3.14. The number of rotatable bonds is 4. The zero-order chi connectivity index (χ0) is 17.6. The van der Waals surface area contributed by atoms with Crippen LogP contribution in [-0.4, -0.2) is 26.7 Å². The second-order valence-corrected chi connectivity index (χ2v) is 6.32. The number of para-hydroxylation sites is 1. The SMILES string of the molecule is Cc1cccc(C(=O)N/N=C(/c2ncccn2)C2CCCCC2)c1O. The average Bonchev–Trinajstić information content (AvgIpc) is 2.66. The Morgan fingerprint density at radius 1 is 1.16 bits per heavy atom. The van der Waals surface area contributed by atoms with E-state index in [2.05, 4.69) is 20.5 Å². The molecule has 6 heteroatoms. The highest BCUT2D eigenvalue weighted by Crippen LogP contribution is 2.26. The van der Waals surface area contributed by atoms with Crippen molar-refractivity contribution in [1.82, 2.24) is 15.4 Å². The standard InChI is InChI=1S/C19H22N4O2/c1-13-7-5-10-15(17(13)24)19(25)23-22-16(14-8-3-2-4-9-14)18-20-11-6-12-21-18/h5-7,10-12,14,24H,2-4,8-9H2,1H3,(H,23,25)/b22-16+. The van der Waals surface area contributed by atoms with Crippen molar-refractivity contribution in [3.63, 3.8) is 0 Å². The van der Waals surface area contributed by atoms with Gasteiger partial charge in [0.1, 0.15) is 11.5 Å². The largest absolute Gasteiger partial charge is 0.507 e. The molecule has 1 aromatic carbocycles. The van der Waals surface area contributed by atoms with E-state index < -0.39 is 5.91 Å². The zero-order valence-corrected chi connectivity index (χ0v) is 14.3. The molecule has 25 heavy (non-hydrogen) atoms. The van der Waals surface area contributed by atoms with Crippen molar-refractivity contribution >= 4 is 11.6 Å². The van der Waals surface area contributed by atoms with E-state index in [1.807, 2.05) is 0 Å². The summed E-state index contributed by atoms with van der Waals surface area (Å²) in [6, 6.07) is 6.81. The predicted molar refractivity (Wildman–Crippen MR) is 95.5 cm³/mol. The topological polar surface area (TPSA) is 87.5 Å². The lowest BCUT2D eigenvalue weighted by Gasteiger charge is -2.22. The van der Waals surface area contributed by atoms with Gasteiger partial charge in [0.15, 0.2) is 5.82 Å². The van der Waals surface area contributed by atoms with Crippen LogP contribution in [0.25, 0.3) is 0 Å². The summed E-state index contributed by atoms with van der Waals surface area (Å²) in [5, 5.41) is 14.4. The summed E-state index contributed by atoms with van der Waals surface area (Å²) in [6.07, 6.45) is 8.89. The number of phenols is 1. The molecular weight excluding hydrogens is 316 g/mol. The highest BCUT2D eigenvalue weighted by atomic mass is 16.3. The number of carbonyl (C=O) groups is 1. The van der Waals surface area contributed by atoms with Gasteiger partial charge in [0, 0.05) is 18.3 Å². The third-order valence-electron chi connectivity index (χ3n) is 4.55. The monoisotopic (exact) mass is 338 g/mol. The molecule has 6 nitrogen and oxygen atoms in total. The molecule has 1 fully saturated rings. The molecule has 0 atom stereocenters. The smallest absolute Gasteiger partial charge is 0.275 e. The third kappa shape index (κ3) is 4.02. The number of aromatic nitrogens is 2. The van der Waals surface area contributed by atoms with Crippen molar-refractivity contribution in [1.29, 1.82) is 0 Å². The number of aryl methyl sites for hydroxylation is 1. The van der Waals surface area contributed by atoms with Crippen molar-refractivity contribution in [3.05, 3.63) is 53.6 Å². The Balaban J connectivity index is 1.85. The van der Waals surface area contributed by atoms with Crippen LogP contribution in [0.4, 0.5) is 0 Å². The van der Waals surface area contributed by atoms with Crippen LogP contribution in [0.3, 0.4) is 0 Å². The molecule has 130 valence electrons. The van der Waals surface area contributed by atoms with Gasteiger partial charge in [-0.25, -0.2) is 15.4 Å². The van der Waals surface area contributed by atoms with Crippen LogP contribution >= 0.6 is 0 Å². The Bertz CT molecular complexity index is 768. The van der Waals surface area contributed by atoms with Crippen molar-refractivity contribution in [2.24, 2.45) is 11.0 Å². The van der Waals surface area contributed by atoms with E-state index in [4.69, 9.17) is 0 Å². The van der Waals surface area contributed by atoms with Crippen LogP contribution in [0.2, 0.25) is 0 Å². The number of carbonyl (C=O) groups excluding carboxylic acids is 1. The van der Waals surface area contributed by atoms with E-state index in [1.54, 1.807) is 43.6 Å². The quantitative estimate of drug-likeness (QED) is 0.662. The molecule has 1 amide bonds. The molecule has 1 aliphatic rings. The van der Waals surface area contributed by atoms with E-state index in [9.17, 15) is 9.90 Å². The number of hydrogen-bond donors (Lipinski definition) is 2. The van der Waals surface area contributed by atoms with Crippen LogP contribution in [0.15, 0.2) is 41.8 Å². The van der Waals surface area contributed by atoms with Crippen molar-refractivity contribution in [2.75, 3.05) is 0 Å². The fourth-order valence-corrected chi connectivity index (χ4v) is 3.14. The number of hydrogen-bond acceptors (Lipinski definition) is 5. The lowest BCUT2D eigenvalue weighted by Crippen LogP contribution is -2.26. The molecule has 1 aromatic heterocycles. The molecule has 1 aliphatic carbocycles. The molecule has 0 radical (unpaired) electrons. The highest BCUT2D eigenvalue weighted by Gasteiger charge is 2.23. The molecule has 0 spiro atoms. The number of aromatic hydroxyl groups is 1. The first kappa shape index (κ1) is 17.1. The van der Waals surface area contributed by atoms with Gasteiger partial charge in [-0.1, -0.05) is 31.4 Å². The number of nitrogens with one attached hydrogen (secondary N) is 1. The molecule has 0 aliphatic heterocycles. The van der Waals surface area contributed by atoms with E-state index in [1.165, 1.54) is 6.42 Å². The van der Waals surface area contributed by atoms with Gasteiger partial charge in [-0.15, -0.1) is 0 Å². The van der Waals surface area contributed by atoms with Gasteiger partial charge in [-0.05, 0) is 37.5 Å². The minimum atomic E-state index is -0.439.